The van der Waals surface area contributed by atoms with Crippen molar-refractivity contribution in [2.24, 2.45) is 0 Å². The van der Waals surface area contributed by atoms with Crippen LogP contribution in [-0.4, -0.2) is 209 Å². The number of fused-ring (bicyclic) bond motifs is 2. The molecule has 5 aliphatic rings. The number of hydrogen-bond donors (Lipinski definition) is 8. The smallest absolute Gasteiger partial charge is 0.246 e. The minimum atomic E-state index is -0.749. The van der Waals surface area contributed by atoms with Crippen molar-refractivity contribution < 1.29 is 39.0 Å². The van der Waals surface area contributed by atoms with Gasteiger partial charge in [0.05, 0.1) is 62.9 Å². The van der Waals surface area contributed by atoms with Gasteiger partial charge in [-0.3, -0.25) is 47.9 Å². The lowest BCUT2D eigenvalue weighted by atomic mass is 9.98. The van der Waals surface area contributed by atoms with Gasteiger partial charge in [-0.15, -0.1) is 10.2 Å². The summed E-state index contributed by atoms with van der Waals surface area (Å²) in [5, 5.41) is 54.9. The Morgan fingerprint density at radius 1 is 0.537 bits per heavy atom. The van der Waals surface area contributed by atoms with Crippen molar-refractivity contribution in [3.8, 4) is 0 Å². The summed E-state index contributed by atoms with van der Waals surface area (Å²) in [6, 6.07) is 13.8. The van der Waals surface area contributed by atoms with Gasteiger partial charge in [0, 0.05) is 64.4 Å². The highest BCUT2D eigenvalue weighted by Crippen LogP contribution is 2.34. The molecule has 10 atom stereocenters. The predicted octanol–water partition coefficient (Wildman–Crippen LogP) is 0.376. The van der Waals surface area contributed by atoms with Crippen LogP contribution < -0.4 is 31.9 Å². The molecule has 5 fully saturated rings. The van der Waals surface area contributed by atoms with Crippen LogP contribution in [0, 0.1) is 0 Å². The van der Waals surface area contributed by atoms with Gasteiger partial charge in [0.2, 0.25) is 35.4 Å². The van der Waals surface area contributed by atoms with Crippen molar-refractivity contribution in [3.05, 3.63) is 95.6 Å². The molecule has 24 nitrogen and oxygen atoms in total. The molecule has 8 N–H and O–H groups in total. The molecule has 0 bridgehead atoms. The van der Waals surface area contributed by atoms with Crippen LogP contribution in [0.1, 0.15) is 125 Å². The molecule has 5 saturated heterocycles. The summed E-state index contributed by atoms with van der Waals surface area (Å²) in [5.41, 5.74) is 2.85. The number of aromatic nitrogens is 6. The minimum absolute atomic E-state index is 0.0952. The number of carbonyl (C=O) groups excluding carboxylic acids is 6. The summed E-state index contributed by atoms with van der Waals surface area (Å²) in [7, 11) is 0. The Morgan fingerprint density at radius 3 is 1.32 bits per heavy atom. The van der Waals surface area contributed by atoms with Crippen molar-refractivity contribution in [2.75, 3.05) is 65.6 Å². The van der Waals surface area contributed by atoms with Crippen molar-refractivity contribution in [1.29, 1.82) is 0 Å². The first-order valence-corrected chi connectivity index (χ1v) is 29.8. The summed E-state index contributed by atoms with van der Waals surface area (Å²) < 4.78 is 3.63. The predicted molar refractivity (Wildman–Crippen MR) is 303 cm³/mol. The fourth-order valence-corrected chi connectivity index (χ4v) is 12.4. The van der Waals surface area contributed by atoms with Crippen LogP contribution in [0.4, 0.5) is 0 Å². The fraction of sp³-hybridized carbons (Fsp3) is 0.621. The Hall–Kier alpha value is -6.70. The van der Waals surface area contributed by atoms with Crippen molar-refractivity contribution in [1.82, 2.24) is 81.5 Å². The van der Waals surface area contributed by atoms with Crippen LogP contribution in [0.3, 0.4) is 0 Å². The number of nitrogens with zero attached hydrogens (tertiary/aromatic N) is 10. The third-order valence-corrected chi connectivity index (χ3v) is 17.1. The highest BCUT2D eigenvalue weighted by molar-refractivity contribution is 5.95. The number of piperazine rings is 1. The van der Waals surface area contributed by atoms with Gasteiger partial charge in [-0.2, -0.15) is 0 Å². The van der Waals surface area contributed by atoms with E-state index in [0.29, 0.717) is 63.0 Å². The van der Waals surface area contributed by atoms with Gasteiger partial charge in [0.1, 0.15) is 35.6 Å². The van der Waals surface area contributed by atoms with Crippen LogP contribution in [0.25, 0.3) is 0 Å². The number of carbonyl (C=O) groups is 6. The van der Waals surface area contributed by atoms with E-state index < -0.39 is 48.3 Å². The Morgan fingerprint density at radius 2 is 0.927 bits per heavy atom. The average molecular weight is 1130 g/mol. The largest absolute Gasteiger partial charge is 0.395 e. The summed E-state index contributed by atoms with van der Waals surface area (Å²) in [6.45, 7) is 9.79. The van der Waals surface area contributed by atoms with Gasteiger partial charge in [-0.05, 0) is 76.3 Å². The third kappa shape index (κ3) is 15.1. The lowest BCUT2D eigenvalue weighted by Crippen LogP contribution is -2.58. The highest BCUT2D eigenvalue weighted by atomic mass is 16.3. The molecule has 4 aromatic rings. The van der Waals surface area contributed by atoms with E-state index in [1.54, 1.807) is 23.6 Å². The second-order valence-corrected chi connectivity index (χ2v) is 22.7. The van der Waals surface area contributed by atoms with Crippen LogP contribution in [0.5, 0.6) is 0 Å². The van der Waals surface area contributed by atoms with E-state index in [2.05, 4.69) is 62.3 Å². The van der Waals surface area contributed by atoms with Crippen LogP contribution >= 0.6 is 0 Å². The van der Waals surface area contributed by atoms with E-state index in [-0.39, 0.29) is 73.8 Å². The first-order chi connectivity index (χ1) is 39.9. The van der Waals surface area contributed by atoms with Gasteiger partial charge in [0.15, 0.2) is 0 Å². The summed E-state index contributed by atoms with van der Waals surface area (Å²) >= 11 is 0. The zero-order chi connectivity index (χ0) is 57.5. The van der Waals surface area contributed by atoms with Gasteiger partial charge < -0.3 is 51.9 Å². The molecule has 6 amide bonds. The number of rotatable bonds is 24. The van der Waals surface area contributed by atoms with Crippen LogP contribution in [0.15, 0.2) is 73.1 Å². The summed E-state index contributed by atoms with van der Waals surface area (Å²) in [6.07, 6.45) is 12.1. The Balaban J connectivity index is 0.767. The summed E-state index contributed by atoms with van der Waals surface area (Å²) in [4.78, 5) is 91.6. The maximum Gasteiger partial charge on any atom is 0.246 e. The second kappa shape index (κ2) is 29.0. The lowest BCUT2D eigenvalue weighted by molar-refractivity contribution is -0.144. The van der Waals surface area contributed by atoms with Gasteiger partial charge in [0.25, 0.3) is 0 Å². The molecule has 0 saturated carbocycles. The first kappa shape index (κ1) is 59.9. The van der Waals surface area contributed by atoms with E-state index >= 15 is 0 Å². The maximum absolute atomic E-state index is 14.4. The van der Waals surface area contributed by atoms with E-state index in [0.717, 1.165) is 88.9 Å². The fourth-order valence-electron chi connectivity index (χ4n) is 12.4. The molecule has 0 spiro atoms. The number of hydrogen-bond acceptors (Lipinski definition) is 16. The second-order valence-electron chi connectivity index (χ2n) is 22.7. The lowest BCUT2D eigenvalue weighted by Gasteiger charge is -2.36. The van der Waals surface area contributed by atoms with Gasteiger partial charge in [-0.25, -0.2) is 0 Å². The highest BCUT2D eigenvalue weighted by Gasteiger charge is 2.46. The number of aliphatic hydroxyl groups is 2. The minimum Gasteiger partial charge on any atom is -0.395 e. The SMILES string of the molecule is C[C@H](NCCO)C(=O)N[C@H]1CCCC[C@H]2CC[C@@H](C(=O)N[C@@H](c3ccccc3)c3cn(CCN4CCN(CCn5cc([C@@H](NC(=O)[C@@H]6CC[C@@H]7CCCC[C@H](NC(=O)[C@H](C)NCCO)C(=O)N76)c6ccccc6)nn5)CC4)nn3)N2C1=O. The molecule has 0 radical (unpaired) electrons. The van der Waals surface area contributed by atoms with Gasteiger partial charge in [-0.1, -0.05) is 96.8 Å². The van der Waals surface area contributed by atoms with E-state index in [9.17, 15) is 39.0 Å². The van der Waals surface area contributed by atoms with Crippen LogP contribution in [0.2, 0.25) is 0 Å². The van der Waals surface area contributed by atoms with E-state index in [4.69, 9.17) is 0 Å². The average Bonchev–Trinajstić information content (AvgIpc) is 4.40. The van der Waals surface area contributed by atoms with Crippen LogP contribution in [-0.2, 0) is 41.9 Å². The molecule has 5 aliphatic heterocycles. The van der Waals surface area contributed by atoms with E-state index in [1.807, 2.05) is 82.4 Å². The molecule has 444 valence electrons. The number of nitrogens with one attached hydrogen (secondary N) is 6. The molecular weight excluding hydrogens is 1050 g/mol. The summed E-state index contributed by atoms with van der Waals surface area (Å²) in [5.74, 6) is -1.66. The first-order valence-electron chi connectivity index (χ1n) is 29.8. The topological polar surface area (TPSA) is 289 Å². The third-order valence-electron chi connectivity index (χ3n) is 17.1. The van der Waals surface area contributed by atoms with E-state index in [1.165, 1.54) is 0 Å². The Labute approximate surface area is 479 Å². The molecule has 0 unspecified atom stereocenters. The maximum atomic E-state index is 14.4. The molecule has 24 heteroatoms. The quantitative estimate of drug-likeness (QED) is 0.0471. The molecule has 2 aromatic carbocycles. The molecule has 82 heavy (non-hydrogen) atoms. The normalized spacial score (nSPS) is 24.2. The molecule has 0 aliphatic carbocycles. The zero-order valence-corrected chi connectivity index (χ0v) is 47.5. The number of aliphatic hydroxyl groups excluding tert-OH is 2. The number of benzene rings is 2. The Bertz CT molecular complexity index is 2560. The molecule has 7 heterocycles. The molecular formula is C58H84N16O8. The van der Waals surface area contributed by atoms with Crippen molar-refractivity contribution in [2.45, 2.75) is 164 Å². The molecule has 9 rings (SSSR count). The monoisotopic (exact) mass is 1130 g/mol. The van der Waals surface area contributed by atoms with Crippen molar-refractivity contribution in [3.63, 3.8) is 0 Å². The Kier molecular flexibility index (Phi) is 21.2. The molecule has 2 aromatic heterocycles. The standard InChI is InChI=1S/C58H84N16O8/c1-39(59-25-35-75)53(77)61-45-19-11-9-17-43-21-23-49(73(43)57(45)81)55(79)63-51(41-13-5-3-6-14-41)47-37-71(67-65-47)33-31-69-27-29-70(30-28-69)32-34-72-38-48(66-68-72)52(42-15-7-4-8-16-42)64-56(80)50-24-22-44-18-10-12-20-46(58(82)74(44)50)62-54(78)40(2)60-26-36-76/h3-8,13-16,37-40,43-46,49-52,59-60,75-76H,9-12,17-36H2,1-2H3,(H,61,77)(H,62,78)(H,63,79)(H,64,80)/t39-,40-,43-,44-,45-,46-,49-,50-,51-,52-/m0/s1. The van der Waals surface area contributed by atoms with Crippen molar-refractivity contribution >= 4 is 35.4 Å². The number of amides is 6. The van der Waals surface area contributed by atoms with Gasteiger partial charge >= 0.3 is 0 Å². The zero-order valence-electron chi connectivity index (χ0n) is 47.5.